The van der Waals surface area contributed by atoms with Crippen molar-refractivity contribution in [3.8, 4) is 22.6 Å². The molecule has 2 aromatic heterocycles. The van der Waals surface area contributed by atoms with Crippen LogP contribution in [0.4, 0.5) is 0 Å². The van der Waals surface area contributed by atoms with E-state index in [1.165, 1.54) is 18.4 Å². The van der Waals surface area contributed by atoms with Crippen LogP contribution in [0.5, 0.6) is 5.75 Å². The maximum absolute atomic E-state index is 12.1. The summed E-state index contributed by atoms with van der Waals surface area (Å²) in [5.41, 5.74) is 2.70. The summed E-state index contributed by atoms with van der Waals surface area (Å²) in [5.74, 6) is 0.431. The highest BCUT2D eigenvalue weighted by atomic mass is 32.1. The molecular formula is C17H15NO3S. The molecule has 0 bridgehead atoms. The molecule has 0 saturated carbocycles. The Morgan fingerprint density at radius 1 is 1.05 bits per heavy atom. The lowest BCUT2D eigenvalue weighted by Crippen LogP contribution is -2.04. The second kappa shape index (κ2) is 6.07. The zero-order chi connectivity index (χ0) is 15.5. The lowest BCUT2D eigenvalue weighted by molar-refractivity contribution is 0.0606. The molecule has 0 aliphatic carbocycles. The van der Waals surface area contributed by atoms with Crippen LogP contribution in [0.15, 0.2) is 54.2 Å². The fraction of sp³-hybridized carbons (Fsp3) is 0.118. The third-order valence-electron chi connectivity index (χ3n) is 3.40. The zero-order valence-electron chi connectivity index (χ0n) is 12.3. The summed E-state index contributed by atoms with van der Waals surface area (Å²) < 4.78 is 12.3. The smallest absolute Gasteiger partial charge is 0.350 e. The average molecular weight is 313 g/mol. The minimum atomic E-state index is -0.338. The third kappa shape index (κ3) is 2.40. The van der Waals surface area contributed by atoms with Gasteiger partial charge in [-0.3, -0.25) is 0 Å². The van der Waals surface area contributed by atoms with E-state index in [9.17, 15) is 4.79 Å². The molecule has 3 aromatic rings. The van der Waals surface area contributed by atoms with Crippen molar-refractivity contribution in [2.24, 2.45) is 0 Å². The van der Waals surface area contributed by atoms with Gasteiger partial charge in [-0.2, -0.15) is 0 Å². The molecule has 0 amide bonds. The van der Waals surface area contributed by atoms with E-state index in [0.29, 0.717) is 4.88 Å². The van der Waals surface area contributed by atoms with Crippen LogP contribution < -0.4 is 4.74 Å². The SMILES string of the molecule is COC(=O)c1scc(-c2ccccc2OC)c1-n1cccc1. The molecule has 4 nitrogen and oxygen atoms in total. The number of hydrogen-bond acceptors (Lipinski definition) is 4. The third-order valence-corrected chi connectivity index (χ3v) is 4.34. The number of esters is 1. The molecule has 112 valence electrons. The van der Waals surface area contributed by atoms with Crippen LogP contribution in [-0.4, -0.2) is 24.8 Å². The van der Waals surface area contributed by atoms with E-state index in [2.05, 4.69) is 0 Å². The first kappa shape index (κ1) is 14.4. The van der Waals surface area contributed by atoms with E-state index in [0.717, 1.165) is 22.6 Å². The van der Waals surface area contributed by atoms with E-state index in [1.807, 2.05) is 58.7 Å². The van der Waals surface area contributed by atoms with Gasteiger partial charge in [0.25, 0.3) is 0 Å². The van der Waals surface area contributed by atoms with Crippen LogP contribution >= 0.6 is 11.3 Å². The van der Waals surface area contributed by atoms with Crippen LogP contribution in [0.25, 0.3) is 16.8 Å². The van der Waals surface area contributed by atoms with E-state index >= 15 is 0 Å². The molecule has 2 heterocycles. The summed E-state index contributed by atoms with van der Waals surface area (Å²) >= 11 is 1.37. The van der Waals surface area contributed by atoms with E-state index < -0.39 is 0 Å². The van der Waals surface area contributed by atoms with Gasteiger partial charge >= 0.3 is 5.97 Å². The number of nitrogens with zero attached hydrogens (tertiary/aromatic N) is 1. The average Bonchev–Trinajstić information content (AvgIpc) is 3.22. The number of methoxy groups -OCH3 is 2. The number of aromatic nitrogens is 1. The molecule has 0 N–H and O–H groups in total. The quantitative estimate of drug-likeness (QED) is 0.684. The Balaban J connectivity index is 2.25. The number of hydrogen-bond donors (Lipinski definition) is 0. The van der Waals surface area contributed by atoms with E-state index in [4.69, 9.17) is 9.47 Å². The van der Waals surface area contributed by atoms with Crippen molar-refractivity contribution >= 4 is 17.3 Å². The molecule has 0 unspecified atom stereocenters. The van der Waals surface area contributed by atoms with Gasteiger partial charge in [0.1, 0.15) is 10.6 Å². The molecule has 0 saturated heterocycles. The van der Waals surface area contributed by atoms with Crippen molar-refractivity contribution in [3.63, 3.8) is 0 Å². The van der Waals surface area contributed by atoms with Gasteiger partial charge in [0.05, 0.1) is 19.9 Å². The summed E-state index contributed by atoms with van der Waals surface area (Å²) in [5, 5.41) is 1.96. The standard InChI is InChI=1S/C17H15NO3S/c1-20-14-8-4-3-7-12(14)13-11-22-16(17(19)21-2)15(13)18-9-5-6-10-18/h3-11H,1-2H3. The first-order valence-electron chi connectivity index (χ1n) is 6.72. The Morgan fingerprint density at radius 2 is 1.77 bits per heavy atom. The monoisotopic (exact) mass is 313 g/mol. The molecular weight excluding hydrogens is 298 g/mol. The van der Waals surface area contributed by atoms with Gasteiger partial charge in [-0.1, -0.05) is 18.2 Å². The molecule has 0 aliphatic rings. The molecule has 1 aromatic carbocycles. The van der Waals surface area contributed by atoms with Gasteiger partial charge in [-0.25, -0.2) is 4.79 Å². The highest BCUT2D eigenvalue weighted by molar-refractivity contribution is 7.13. The highest BCUT2D eigenvalue weighted by Crippen LogP contribution is 2.39. The van der Waals surface area contributed by atoms with Gasteiger partial charge in [-0.05, 0) is 18.2 Å². The van der Waals surface area contributed by atoms with Crippen molar-refractivity contribution in [2.45, 2.75) is 0 Å². The lowest BCUT2D eigenvalue weighted by Gasteiger charge is -2.11. The minimum Gasteiger partial charge on any atom is -0.496 e. The maximum Gasteiger partial charge on any atom is 0.350 e. The summed E-state index contributed by atoms with van der Waals surface area (Å²) in [6.45, 7) is 0. The molecule has 0 fully saturated rings. The maximum atomic E-state index is 12.1. The molecule has 0 aliphatic heterocycles. The van der Waals surface area contributed by atoms with Crippen molar-refractivity contribution in [2.75, 3.05) is 14.2 Å². The number of carbonyl (C=O) groups excluding carboxylic acids is 1. The van der Waals surface area contributed by atoms with Crippen LogP contribution in [0.1, 0.15) is 9.67 Å². The highest BCUT2D eigenvalue weighted by Gasteiger charge is 2.22. The van der Waals surface area contributed by atoms with Crippen molar-refractivity contribution < 1.29 is 14.3 Å². The number of carbonyl (C=O) groups is 1. The number of ether oxygens (including phenoxy) is 2. The predicted octanol–water partition coefficient (Wildman–Crippen LogP) is 4.00. The lowest BCUT2D eigenvalue weighted by atomic mass is 10.1. The van der Waals surface area contributed by atoms with Crippen LogP contribution in [0.3, 0.4) is 0 Å². The summed E-state index contributed by atoms with van der Waals surface area (Å²) in [7, 11) is 3.03. The fourth-order valence-corrected chi connectivity index (χ4v) is 3.37. The number of thiophene rings is 1. The second-order valence-electron chi connectivity index (χ2n) is 4.61. The van der Waals surface area contributed by atoms with Crippen molar-refractivity contribution in [1.82, 2.24) is 4.57 Å². The fourth-order valence-electron chi connectivity index (χ4n) is 2.39. The topological polar surface area (TPSA) is 40.5 Å². The Morgan fingerprint density at radius 3 is 2.45 bits per heavy atom. The number of benzene rings is 1. The molecule has 5 heteroatoms. The summed E-state index contributed by atoms with van der Waals surface area (Å²) in [6, 6.07) is 11.6. The summed E-state index contributed by atoms with van der Waals surface area (Å²) in [6.07, 6.45) is 3.82. The van der Waals surface area contributed by atoms with Crippen LogP contribution in [0.2, 0.25) is 0 Å². The van der Waals surface area contributed by atoms with Crippen molar-refractivity contribution in [3.05, 3.63) is 59.0 Å². The first-order chi connectivity index (χ1) is 10.8. The van der Waals surface area contributed by atoms with Gasteiger partial charge < -0.3 is 14.0 Å². The number of rotatable bonds is 4. The van der Waals surface area contributed by atoms with Crippen LogP contribution in [0, 0.1) is 0 Å². The molecule has 0 spiro atoms. The van der Waals surface area contributed by atoms with Gasteiger partial charge in [-0.15, -0.1) is 11.3 Å². The van der Waals surface area contributed by atoms with E-state index in [1.54, 1.807) is 7.11 Å². The molecule has 0 radical (unpaired) electrons. The second-order valence-corrected chi connectivity index (χ2v) is 5.49. The van der Waals surface area contributed by atoms with Crippen LogP contribution in [-0.2, 0) is 4.74 Å². The predicted molar refractivity (Wildman–Crippen MR) is 87.0 cm³/mol. The minimum absolute atomic E-state index is 0.338. The van der Waals surface area contributed by atoms with Gasteiger partial charge in [0, 0.05) is 28.9 Å². The largest absolute Gasteiger partial charge is 0.496 e. The van der Waals surface area contributed by atoms with Gasteiger partial charge in [0.2, 0.25) is 0 Å². The Kier molecular flexibility index (Phi) is 3.98. The Hall–Kier alpha value is -2.53. The van der Waals surface area contributed by atoms with E-state index in [-0.39, 0.29) is 5.97 Å². The Bertz CT molecular complexity index is 790. The molecule has 22 heavy (non-hydrogen) atoms. The zero-order valence-corrected chi connectivity index (χ0v) is 13.1. The Labute approximate surface area is 132 Å². The molecule has 0 atom stereocenters. The van der Waals surface area contributed by atoms with Crippen molar-refractivity contribution in [1.29, 1.82) is 0 Å². The number of para-hydroxylation sites is 1. The molecule has 3 rings (SSSR count). The van der Waals surface area contributed by atoms with Gasteiger partial charge in [0.15, 0.2) is 0 Å². The first-order valence-corrected chi connectivity index (χ1v) is 7.60. The summed E-state index contributed by atoms with van der Waals surface area (Å²) in [4.78, 5) is 12.6. The normalized spacial score (nSPS) is 10.5.